The molecular formula is C20H19BrIP. The fourth-order valence-corrected chi connectivity index (χ4v) is 10.0. The third-order valence-corrected chi connectivity index (χ3v) is 10.9. The van der Waals surface area contributed by atoms with Crippen molar-refractivity contribution in [1.29, 1.82) is 0 Å². The zero-order valence-corrected chi connectivity index (χ0v) is 17.6. The van der Waals surface area contributed by atoms with E-state index in [2.05, 4.69) is 121 Å². The van der Waals surface area contributed by atoms with Crippen molar-refractivity contribution in [3.05, 3.63) is 91.0 Å². The lowest BCUT2D eigenvalue weighted by Gasteiger charge is -2.30. The average Bonchev–Trinajstić information content (AvgIpc) is 2.58. The van der Waals surface area contributed by atoms with E-state index < -0.39 is 7.26 Å². The molecule has 0 amide bonds. The Kier molecular flexibility index (Phi) is 6.82. The number of hydrogen-bond acceptors (Lipinski definition) is 0. The monoisotopic (exact) mass is 496 g/mol. The van der Waals surface area contributed by atoms with Gasteiger partial charge in [0, 0.05) is 0 Å². The molecule has 0 aliphatic carbocycles. The summed E-state index contributed by atoms with van der Waals surface area (Å²) in [6.07, 6.45) is 0. The maximum atomic E-state index is 2.62. The van der Waals surface area contributed by atoms with E-state index in [0.29, 0.717) is 3.67 Å². The fourth-order valence-electron chi connectivity index (χ4n) is 3.05. The van der Waals surface area contributed by atoms with Crippen molar-refractivity contribution in [2.45, 2.75) is 10.6 Å². The summed E-state index contributed by atoms with van der Waals surface area (Å²) in [5.74, 6) is 0. The molecule has 0 aliphatic rings. The van der Waals surface area contributed by atoms with E-state index in [1.54, 1.807) is 0 Å². The van der Waals surface area contributed by atoms with Gasteiger partial charge in [-0.1, -0.05) is 54.6 Å². The molecule has 1 atom stereocenters. The van der Waals surface area contributed by atoms with Crippen molar-refractivity contribution in [1.82, 2.24) is 0 Å². The quantitative estimate of drug-likeness (QED) is 0.293. The fraction of sp³-hybridized carbons (Fsp3) is 0.100. The molecule has 0 saturated heterocycles. The standard InChI is InChI=1S/C20H19IP.BrH/c1-17(21)22(18-11-5-2-6-12-18,19-13-7-3-8-14-19)20-15-9-4-10-16-20;/h2-17H,1H3;1H/q+1;/p-1. The highest BCUT2D eigenvalue weighted by atomic mass is 127. The second-order valence-electron chi connectivity index (χ2n) is 5.30. The van der Waals surface area contributed by atoms with Crippen LogP contribution in [0.25, 0.3) is 0 Å². The van der Waals surface area contributed by atoms with Gasteiger partial charge in [0.15, 0.2) is 0 Å². The number of halogens is 2. The van der Waals surface area contributed by atoms with E-state index in [1.165, 1.54) is 15.9 Å². The first-order chi connectivity index (χ1) is 10.8. The van der Waals surface area contributed by atoms with Crippen LogP contribution in [-0.4, -0.2) is 3.67 Å². The second kappa shape index (κ2) is 8.41. The Bertz CT molecular complexity index is 618. The van der Waals surface area contributed by atoms with Gasteiger partial charge in [0.25, 0.3) is 0 Å². The molecule has 0 saturated carbocycles. The van der Waals surface area contributed by atoms with Crippen molar-refractivity contribution in [3.63, 3.8) is 0 Å². The van der Waals surface area contributed by atoms with E-state index in [-0.39, 0.29) is 17.0 Å². The predicted molar refractivity (Wildman–Crippen MR) is 109 cm³/mol. The molecule has 0 heterocycles. The van der Waals surface area contributed by atoms with Gasteiger partial charge in [0.05, 0.1) is 0 Å². The molecular weight excluding hydrogens is 478 g/mol. The molecule has 0 N–H and O–H groups in total. The largest absolute Gasteiger partial charge is 1.00 e. The van der Waals surface area contributed by atoms with Crippen molar-refractivity contribution in [3.8, 4) is 0 Å². The molecule has 0 bridgehead atoms. The lowest BCUT2D eigenvalue weighted by molar-refractivity contribution is -0.00000414. The number of hydrogen-bond donors (Lipinski definition) is 0. The molecule has 0 aromatic heterocycles. The third-order valence-electron chi connectivity index (χ3n) is 4.02. The van der Waals surface area contributed by atoms with Gasteiger partial charge in [-0.3, -0.25) is 0 Å². The van der Waals surface area contributed by atoms with Crippen LogP contribution in [0.1, 0.15) is 6.92 Å². The minimum atomic E-state index is -1.64. The van der Waals surface area contributed by atoms with Crippen LogP contribution >= 0.6 is 29.9 Å². The maximum Gasteiger partial charge on any atom is 0.131 e. The molecule has 3 aromatic carbocycles. The molecule has 0 nitrogen and oxygen atoms in total. The highest BCUT2D eigenvalue weighted by molar-refractivity contribution is 14.1. The third kappa shape index (κ3) is 3.55. The molecule has 0 spiro atoms. The SMILES string of the molecule is CC(I)[P+](c1ccccc1)(c1ccccc1)c1ccccc1.[Br-]. The Labute approximate surface area is 163 Å². The number of rotatable bonds is 4. The summed E-state index contributed by atoms with van der Waals surface area (Å²) in [7, 11) is -1.64. The molecule has 3 heteroatoms. The Hall–Kier alpha value is -0.700. The van der Waals surface area contributed by atoms with Crippen LogP contribution in [0.15, 0.2) is 91.0 Å². The second-order valence-corrected chi connectivity index (χ2v) is 11.9. The Morgan fingerprint density at radius 1 is 0.609 bits per heavy atom. The first-order valence-corrected chi connectivity index (χ1v) is 10.6. The van der Waals surface area contributed by atoms with Crippen LogP contribution in [0.4, 0.5) is 0 Å². The summed E-state index contributed by atoms with van der Waals surface area (Å²) in [6, 6.07) is 33.0. The smallest absolute Gasteiger partial charge is 0.131 e. The molecule has 0 aliphatic heterocycles. The summed E-state index contributed by atoms with van der Waals surface area (Å²) < 4.78 is 0.525. The van der Waals surface area contributed by atoms with Crippen LogP contribution in [0, 0.1) is 0 Å². The zero-order valence-electron chi connectivity index (χ0n) is 12.9. The van der Waals surface area contributed by atoms with Gasteiger partial charge in [-0.15, -0.1) is 0 Å². The highest BCUT2D eigenvalue weighted by Crippen LogP contribution is 2.61. The molecule has 3 rings (SSSR count). The lowest BCUT2D eigenvalue weighted by atomic mass is 10.4. The molecule has 118 valence electrons. The summed E-state index contributed by atoms with van der Waals surface area (Å²) in [6.45, 7) is 2.35. The van der Waals surface area contributed by atoms with Crippen molar-refractivity contribution in [2.75, 3.05) is 0 Å². The number of benzene rings is 3. The first kappa shape index (κ1) is 18.6. The van der Waals surface area contributed by atoms with E-state index in [1.807, 2.05) is 0 Å². The minimum absolute atomic E-state index is 0. The van der Waals surface area contributed by atoms with Crippen molar-refractivity contribution >= 4 is 45.8 Å². The molecule has 0 radical (unpaired) electrons. The summed E-state index contributed by atoms with van der Waals surface area (Å²) in [4.78, 5) is 0. The normalized spacial score (nSPS) is 12.3. The van der Waals surface area contributed by atoms with Crippen LogP contribution in [0.5, 0.6) is 0 Å². The van der Waals surface area contributed by atoms with Gasteiger partial charge in [-0.25, -0.2) is 0 Å². The van der Waals surface area contributed by atoms with Crippen LogP contribution in [0.2, 0.25) is 0 Å². The van der Waals surface area contributed by atoms with Gasteiger partial charge in [0.2, 0.25) is 0 Å². The van der Waals surface area contributed by atoms with E-state index >= 15 is 0 Å². The topological polar surface area (TPSA) is 0 Å². The van der Waals surface area contributed by atoms with E-state index in [0.717, 1.165) is 0 Å². The van der Waals surface area contributed by atoms with Gasteiger partial charge < -0.3 is 17.0 Å². The lowest BCUT2D eigenvalue weighted by Crippen LogP contribution is -3.00. The maximum absolute atomic E-state index is 2.62. The molecule has 3 aromatic rings. The van der Waals surface area contributed by atoms with Gasteiger partial charge in [-0.05, 0) is 65.9 Å². The van der Waals surface area contributed by atoms with Gasteiger partial charge in [-0.2, -0.15) is 0 Å². The summed E-state index contributed by atoms with van der Waals surface area (Å²) in [5, 5.41) is 4.36. The Balaban J connectivity index is 0.00000192. The van der Waals surface area contributed by atoms with Crippen molar-refractivity contribution in [2.24, 2.45) is 0 Å². The first-order valence-electron chi connectivity index (χ1n) is 7.46. The van der Waals surface area contributed by atoms with Crippen LogP contribution in [-0.2, 0) is 0 Å². The van der Waals surface area contributed by atoms with Crippen molar-refractivity contribution < 1.29 is 17.0 Å². The molecule has 23 heavy (non-hydrogen) atoms. The average molecular weight is 497 g/mol. The van der Waals surface area contributed by atoms with Crippen LogP contribution in [0.3, 0.4) is 0 Å². The molecule has 0 fully saturated rings. The highest BCUT2D eigenvalue weighted by Gasteiger charge is 2.49. The zero-order chi connectivity index (χ0) is 15.4. The number of alkyl halides is 1. The summed E-state index contributed by atoms with van der Waals surface area (Å²) in [5.41, 5.74) is 0. The van der Waals surface area contributed by atoms with E-state index in [9.17, 15) is 0 Å². The summed E-state index contributed by atoms with van der Waals surface area (Å²) >= 11 is 2.62. The molecule has 1 unspecified atom stereocenters. The Morgan fingerprint density at radius 2 is 0.870 bits per heavy atom. The predicted octanol–water partition coefficient (Wildman–Crippen LogP) is 1.77. The minimum Gasteiger partial charge on any atom is -1.00 e. The van der Waals surface area contributed by atoms with Gasteiger partial charge >= 0.3 is 0 Å². The Morgan fingerprint density at radius 3 is 1.09 bits per heavy atom. The van der Waals surface area contributed by atoms with Gasteiger partial charge in [0.1, 0.15) is 26.8 Å². The van der Waals surface area contributed by atoms with E-state index in [4.69, 9.17) is 0 Å². The van der Waals surface area contributed by atoms with Crippen LogP contribution < -0.4 is 32.9 Å².